The molecule has 0 unspecified atom stereocenters. The number of urea groups is 1. The van der Waals surface area contributed by atoms with Gasteiger partial charge in [-0.3, -0.25) is 0 Å². The topological polar surface area (TPSA) is 61.4 Å². The van der Waals surface area contributed by atoms with Gasteiger partial charge in [-0.1, -0.05) is 6.07 Å². The summed E-state index contributed by atoms with van der Waals surface area (Å²) in [6.07, 6.45) is -2.64. The van der Waals surface area contributed by atoms with Gasteiger partial charge in [-0.15, -0.1) is 0 Å². The second-order valence-electron chi connectivity index (χ2n) is 5.41. The third kappa shape index (κ3) is 4.09. The minimum atomic E-state index is -4.70. The highest BCUT2D eigenvalue weighted by Gasteiger charge is 2.35. The van der Waals surface area contributed by atoms with E-state index in [0.717, 1.165) is 18.6 Å². The molecule has 0 bridgehead atoms. The van der Waals surface area contributed by atoms with E-state index in [1.165, 1.54) is 0 Å². The van der Waals surface area contributed by atoms with Crippen LogP contribution in [0.5, 0.6) is 0 Å². The summed E-state index contributed by atoms with van der Waals surface area (Å²) < 4.78 is 51.3. The van der Waals surface area contributed by atoms with Crippen LogP contribution in [0.15, 0.2) is 18.2 Å². The van der Waals surface area contributed by atoms with Gasteiger partial charge in [-0.2, -0.15) is 13.2 Å². The van der Waals surface area contributed by atoms with Gasteiger partial charge in [0.05, 0.1) is 11.2 Å². The van der Waals surface area contributed by atoms with Gasteiger partial charge < -0.3 is 15.7 Å². The van der Waals surface area contributed by atoms with Gasteiger partial charge in [0.15, 0.2) is 0 Å². The van der Waals surface area contributed by atoms with Gasteiger partial charge in [0, 0.05) is 13.1 Å². The van der Waals surface area contributed by atoms with Crippen LogP contribution in [0.25, 0.3) is 0 Å². The van der Waals surface area contributed by atoms with E-state index < -0.39 is 29.2 Å². The SMILES string of the molecule is O=C(NCc1ccc(F)cc1C(F)(F)F)NCC1(O)CCC1. The lowest BCUT2D eigenvalue weighted by atomic mass is 9.80. The largest absolute Gasteiger partial charge is 0.416 e. The molecule has 1 aliphatic carbocycles. The molecule has 0 aromatic heterocycles. The summed E-state index contributed by atoms with van der Waals surface area (Å²) in [6, 6.07) is 1.60. The van der Waals surface area contributed by atoms with E-state index in [0.29, 0.717) is 18.9 Å². The number of rotatable bonds is 4. The van der Waals surface area contributed by atoms with Gasteiger partial charge in [0.25, 0.3) is 0 Å². The minimum Gasteiger partial charge on any atom is -0.388 e. The molecule has 0 radical (unpaired) electrons. The number of carbonyl (C=O) groups excluding carboxylic acids is 1. The van der Waals surface area contributed by atoms with Crippen LogP contribution in [0.3, 0.4) is 0 Å². The van der Waals surface area contributed by atoms with E-state index in [4.69, 9.17) is 0 Å². The van der Waals surface area contributed by atoms with Crippen LogP contribution in [-0.2, 0) is 12.7 Å². The number of alkyl halides is 3. The van der Waals surface area contributed by atoms with Crippen molar-refractivity contribution in [2.75, 3.05) is 6.54 Å². The predicted octanol–water partition coefficient (Wildman–Crippen LogP) is 2.56. The van der Waals surface area contributed by atoms with Crippen molar-refractivity contribution in [3.8, 4) is 0 Å². The third-order valence-electron chi connectivity index (χ3n) is 3.68. The second kappa shape index (κ2) is 6.12. The predicted molar refractivity (Wildman–Crippen MR) is 70.4 cm³/mol. The first-order valence-electron chi connectivity index (χ1n) is 6.79. The first kappa shape index (κ1) is 16.5. The molecule has 1 aromatic rings. The molecule has 0 heterocycles. The van der Waals surface area contributed by atoms with E-state index in [9.17, 15) is 27.5 Å². The van der Waals surface area contributed by atoms with Crippen LogP contribution < -0.4 is 10.6 Å². The standard InChI is InChI=1S/C14H16F4N2O2/c15-10-3-2-9(11(6-10)14(16,17)18)7-19-12(21)20-8-13(22)4-1-5-13/h2-3,6,22H,1,4-5,7-8H2,(H2,19,20,21). The van der Waals surface area contributed by atoms with Crippen molar-refractivity contribution in [1.82, 2.24) is 10.6 Å². The van der Waals surface area contributed by atoms with Gasteiger partial charge in [0.1, 0.15) is 5.82 Å². The lowest BCUT2D eigenvalue weighted by Crippen LogP contribution is -2.50. The van der Waals surface area contributed by atoms with Crippen LogP contribution in [0.2, 0.25) is 0 Å². The number of nitrogens with one attached hydrogen (secondary N) is 2. The Hall–Kier alpha value is -1.83. The van der Waals surface area contributed by atoms with E-state index in [1.54, 1.807) is 0 Å². The van der Waals surface area contributed by atoms with Gasteiger partial charge in [-0.25, -0.2) is 9.18 Å². The second-order valence-corrected chi connectivity index (χ2v) is 5.41. The zero-order valence-electron chi connectivity index (χ0n) is 11.6. The number of halogens is 4. The minimum absolute atomic E-state index is 0.0500. The molecular weight excluding hydrogens is 304 g/mol. The summed E-state index contributed by atoms with van der Waals surface area (Å²) in [6.45, 7) is -0.340. The summed E-state index contributed by atoms with van der Waals surface area (Å²) in [4.78, 5) is 11.5. The smallest absolute Gasteiger partial charge is 0.388 e. The molecule has 122 valence electrons. The summed E-state index contributed by atoms with van der Waals surface area (Å²) >= 11 is 0. The zero-order chi connectivity index (χ0) is 16.4. The number of aliphatic hydroxyl groups is 1. The van der Waals surface area contributed by atoms with Crippen molar-refractivity contribution in [3.05, 3.63) is 35.1 Å². The van der Waals surface area contributed by atoms with Crippen molar-refractivity contribution in [3.63, 3.8) is 0 Å². The fourth-order valence-corrected chi connectivity index (χ4v) is 2.21. The molecule has 8 heteroatoms. The quantitative estimate of drug-likeness (QED) is 0.747. The van der Waals surface area contributed by atoms with Gasteiger partial charge >= 0.3 is 12.2 Å². The summed E-state index contributed by atoms with van der Waals surface area (Å²) in [5.41, 5.74) is -2.26. The molecule has 1 saturated carbocycles. The average Bonchev–Trinajstić information content (AvgIpc) is 2.40. The number of amides is 2. The monoisotopic (exact) mass is 320 g/mol. The molecular formula is C14H16F4N2O2. The lowest BCUT2D eigenvalue weighted by molar-refractivity contribution is -0.138. The molecule has 3 N–H and O–H groups in total. The molecule has 1 aromatic carbocycles. The Morgan fingerprint density at radius 3 is 2.50 bits per heavy atom. The van der Waals surface area contributed by atoms with E-state index in [2.05, 4.69) is 10.6 Å². The zero-order valence-corrected chi connectivity index (χ0v) is 11.6. The first-order chi connectivity index (χ1) is 10.2. The van der Waals surface area contributed by atoms with E-state index >= 15 is 0 Å². The summed E-state index contributed by atoms with van der Waals surface area (Å²) in [5, 5.41) is 14.5. The maximum atomic E-state index is 12.9. The number of carbonyl (C=O) groups is 1. The fourth-order valence-electron chi connectivity index (χ4n) is 2.21. The van der Waals surface area contributed by atoms with Crippen molar-refractivity contribution in [2.24, 2.45) is 0 Å². The molecule has 2 rings (SSSR count). The maximum absolute atomic E-state index is 12.9. The highest BCUT2D eigenvalue weighted by molar-refractivity contribution is 5.74. The van der Waals surface area contributed by atoms with Crippen LogP contribution in [-0.4, -0.2) is 23.3 Å². The van der Waals surface area contributed by atoms with Gasteiger partial charge in [-0.05, 0) is 37.0 Å². The number of hydrogen-bond acceptors (Lipinski definition) is 2. The van der Waals surface area contributed by atoms with Crippen molar-refractivity contribution in [2.45, 2.75) is 37.6 Å². The van der Waals surface area contributed by atoms with Crippen molar-refractivity contribution < 1.29 is 27.5 Å². The molecule has 0 spiro atoms. The Bertz CT molecular complexity index is 556. The molecule has 2 amide bonds. The maximum Gasteiger partial charge on any atom is 0.416 e. The fraction of sp³-hybridized carbons (Fsp3) is 0.500. The molecule has 0 saturated heterocycles. The Kier molecular flexibility index (Phi) is 4.60. The Labute approximate surface area is 124 Å². The number of hydrogen-bond donors (Lipinski definition) is 3. The number of benzene rings is 1. The normalized spacial score (nSPS) is 16.8. The van der Waals surface area contributed by atoms with Crippen LogP contribution in [0.4, 0.5) is 22.4 Å². The van der Waals surface area contributed by atoms with Gasteiger partial charge in [0.2, 0.25) is 0 Å². The van der Waals surface area contributed by atoms with Crippen LogP contribution in [0, 0.1) is 5.82 Å². The Morgan fingerprint density at radius 2 is 1.95 bits per heavy atom. The highest BCUT2D eigenvalue weighted by Crippen LogP contribution is 2.32. The molecule has 1 aliphatic rings. The molecule has 22 heavy (non-hydrogen) atoms. The Morgan fingerprint density at radius 1 is 1.27 bits per heavy atom. The molecule has 0 aliphatic heterocycles. The van der Waals surface area contributed by atoms with Crippen molar-refractivity contribution in [1.29, 1.82) is 0 Å². The van der Waals surface area contributed by atoms with Crippen molar-refractivity contribution >= 4 is 6.03 Å². The summed E-state index contributed by atoms with van der Waals surface area (Å²) in [5.74, 6) is -0.993. The highest BCUT2D eigenvalue weighted by atomic mass is 19.4. The summed E-state index contributed by atoms with van der Waals surface area (Å²) in [7, 11) is 0. The first-order valence-corrected chi connectivity index (χ1v) is 6.79. The van der Waals surface area contributed by atoms with Crippen LogP contribution >= 0.6 is 0 Å². The Balaban J connectivity index is 1.92. The van der Waals surface area contributed by atoms with E-state index in [1.807, 2.05) is 0 Å². The average molecular weight is 320 g/mol. The van der Waals surface area contributed by atoms with E-state index in [-0.39, 0.29) is 18.7 Å². The van der Waals surface area contributed by atoms with Crippen LogP contribution in [0.1, 0.15) is 30.4 Å². The molecule has 1 fully saturated rings. The third-order valence-corrected chi connectivity index (χ3v) is 3.68. The lowest BCUT2D eigenvalue weighted by Gasteiger charge is -2.36. The molecule has 0 atom stereocenters. The molecule has 4 nitrogen and oxygen atoms in total.